The molecule has 0 radical (unpaired) electrons. The molecule has 2 aromatic carbocycles. The van der Waals surface area contributed by atoms with E-state index in [1.807, 2.05) is 55.5 Å². The lowest BCUT2D eigenvalue weighted by molar-refractivity contribution is 0.310. The maximum absolute atomic E-state index is 5.86. The Hall–Kier alpha value is -3.61. The number of hydrogen-bond donors (Lipinski definition) is 1. The third kappa shape index (κ3) is 4.66. The number of benzene rings is 2. The molecule has 2 aliphatic heterocycles. The predicted octanol–water partition coefficient (Wildman–Crippen LogP) is 4.29. The Bertz CT molecular complexity index is 1110. The first kappa shape index (κ1) is 20.3. The van der Waals surface area contributed by atoms with E-state index in [0.717, 1.165) is 29.9 Å². The van der Waals surface area contributed by atoms with Gasteiger partial charge in [0, 0.05) is 6.42 Å². The first-order chi connectivity index (χ1) is 15.7. The van der Waals surface area contributed by atoms with Crippen LogP contribution in [0, 0.1) is 0 Å². The van der Waals surface area contributed by atoms with E-state index in [4.69, 9.17) is 19.2 Å². The van der Waals surface area contributed by atoms with Crippen molar-refractivity contribution < 1.29 is 14.2 Å². The molecule has 1 N–H and O–H groups in total. The molecule has 1 aliphatic carbocycles. The van der Waals surface area contributed by atoms with Crippen molar-refractivity contribution in [3.05, 3.63) is 77.6 Å². The summed E-state index contributed by atoms with van der Waals surface area (Å²) in [4.78, 5) is 13.7. The third-order valence-corrected chi connectivity index (χ3v) is 5.56. The smallest absolute Gasteiger partial charge is 0.321 e. The molecule has 3 aliphatic rings. The molecule has 7 nitrogen and oxygen atoms in total. The highest BCUT2D eigenvalue weighted by Crippen LogP contribution is 2.48. The maximum atomic E-state index is 5.86. The average Bonchev–Trinajstić information content (AvgIpc) is 3.57. The van der Waals surface area contributed by atoms with Crippen LogP contribution in [0.3, 0.4) is 0 Å². The van der Waals surface area contributed by atoms with Gasteiger partial charge in [-0.2, -0.15) is 15.0 Å². The Labute approximate surface area is 187 Å². The van der Waals surface area contributed by atoms with Crippen LogP contribution in [0.15, 0.2) is 60.7 Å². The summed E-state index contributed by atoms with van der Waals surface area (Å²) in [6.07, 6.45) is 6.52. The van der Waals surface area contributed by atoms with Gasteiger partial charge < -0.3 is 19.5 Å². The summed E-state index contributed by atoms with van der Waals surface area (Å²) in [5.41, 5.74) is 2.08. The summed E-state index contributed by atoms with van der Waals surface area (Å²) in [6.45, 7) is 3.39. The third-order valence-electron chi connectivity index (χ3n) is 5.56. The van der Waals surface area contributed by atoms with Crippen LogP contribution in [0.2, 0.25) is 0 Å². The number of hydrogen-bond acceptors (Lipinski definition) is 7. The summed E-state index contributed by atoms with van der Waals surface area (Å²) in [7, 11) is 0. The molecule has 0 saturated heterocycles. The number of aromatic nitrogens is 3. The van der Waals surface area contributed by atoms with Crippen molar-refractivity contribution in [1.82, 2.24) is 15.0 Å². The average molecular weight is 431 g/mol. The van der Waals surface area contributed by atoms with Crippen LogP contribution in [-0.4, -0.2) is 34.8 Å². The van der Waals surface area contributed by atoms with Crippen molar-refractivity contribution in [2.75, 3.05) is 25.1 Å². The van der Waals surface area contributed by atoms with E-state index < -0.39 is 0 Å². The second-order valence-corrected chi connectivity index (χ2v) is 7.94. The van der Waals surface area contributed by atoms with Crippen LogP contribution in [0.1, 0.15) is 36.7 Å². The van der Waals surface area contributed by atoms with Crippen molar-refractivity contribution in [2.45, 2.75) is 31.7 Å². The molecule has 1 aromatic heterocycles. The van der Waals surface area contributed by atoms with E-state index in [2.05, 4.69) is 27.4 Å². The number of ether oxygens (including phenoxy) is 3. The van der Waals surface area contributed by atoms with Gasteiger partial charge in [-0.1, -0.05) is 24.3 Å². The standard InChI is InChI=1S/C25H26N4O3/c1-2-30-24-27-22-17-18-6-5-7-21(16-18)32-15-4-3-14-31-20-10-8-19(9-11-20)25(12-13-25)29-23(26-22)28-24/h3-11,16H,2,12-15,17H2,1H3,(H,26,27,28,29). The lowest BCUT2D eigenvalue weighted by atomic mass is 10.1. The molecule has 32 heavy (non-hydrogen) atoms. The van der Waals surface area contributed by atoms with Gasteiger partial charge in [0.15, 0.2) is 0 Å². The molecular formula is C25H26N4O3. The molecule has 3 heterocycles. The van der Waals surface area contributed by atoms with E-state index in [-0.39, 0.29) is 5.54 Å². The summed E-state index contributed by atoms with van der Waals surface area (Å²) in [6, 6.07) is 16.5. The van der Waals surface area contributed by atoms with Gasteiger partial charge in [-0.15, -0.1) is 0 Å². The fourth-order valence-corrected chi connectivity index (χ4v) is 3.77. The molecule has 3 aromatic rings. The molecule has 0 amide bonds. The Balaban J connectivity index is 1.50. The van der Waals surface area contributed by atoms with Crippen LogP contribution in [0.4, 0.5) is 5.95 Å². The zero-order valence-electron chi connectivity index (χ0n) is 18.1. The Morgan fingerprint density at radius 2 is 1.72 bits per heavy atom. The molecule has 6 rings (SSSR count). The maximum Gasteiger partial charge on any atom is 0.321 e. The highest BCUT2D eigenvalue weighted by atomic mass is 16.5. The molecule has 1 fully saturated rings. The van der Waals surface area contributed by atoms with Crippen LogP contribution in [0.25, 0.3) is 0 Å². The Kier molecular flexibility index (Phi) is 5.62. The molecule has 0 atom stereocenters. The van der Waals surface area contributed by atoms with Gasteiger partial charge >= 0.3 is 6.01 Å². The van der Waals surface area contributed by atoms with Crippen molar-refractivity contribution in [2.24, 2.45) is 0 Å². The molecular weight excluding hydrogens is 404 g/mol. The fraction of sp³-hybridized carbons (Fsp3) is 0.320. The highest BCUT2D eigenvalue weighted by molar-refractivity contribution is 5.44. The van der Waals surface area contributed by atoms with E-state index >= 15 is 0 Å². The molecule has 6 bridgehead atoms. The topological polar surface area (TPSA) is 78.4 Å². The van der Waals surface area contributed by atoms with E-state index in [0.29, 0.717) is 44.0 Å². The van der Waals surface area contributed by atoms with Gasteiger partial charge in [0.05, 0.1) is 12.1 Å². The zero-order chi connectivity index (χ0) is 21.8. The number of nitrogens with one attached hydrogen (secondary N) is 1. The van der Waals surface area contributed by atoms with Crippen molar-refractivity contribution in [1.29, 1.82) is 0 Å². The molecule has 1 saturated carbocycles. The van der Waals surface area contributed by atoms with Gasteiger partial charge in [-0.05, 0) is 67.3 Å². The minimum absolute atomic E-state index is 0.169. The molecule has 1 spiro atoms. The quantitative estimate of drug-likeness (QED) is 0.608. The SMILES string of the molecule is CCOc1nc2nc(n1)NC1(CC1)c1ccc(cc1)OCC=CCOc1cccc(c1)C2. The lowest BCUT2D eigenvalue weighted by Gasteiger charge is -2.19. The zero-order valence-corrected chi connectivity index (χ0v) is 18.1. The van der Waals surface area contributed by atoms with E-state index in [9.17, 15) is 0 Å². The Morgan fingerprint density at radius 1 is 0.938 bits per heavy atom. The van der Waals surface area contributed by atoms with Crippen LogP contribution < -0.4 is 19.5 Å². The van der Waals surface area contributed by atoms with Gasteiger partial charge in [0.25, 0.3) is 0 Å². The van der Waals surface area contributed by atoms with Crippen LogP contribution >= 0.6 is 0 Å². The number of rotatable bonds is 2. The largest absolute Gasteiger partial charge is 0.490 e. The number of nitrogens with zero attached hydrogens (tertiary/aromatic N) is 3. The van der Waals surface area contributed by atoms with Crippen LogP contribution in [-0.2, 0) is 12.0 Å². The van der Waals surface area contributed by atoms with Crippen molar-refractivity contribution >= 4 is 5.95 Å². The molecule has 7 heteroatoms. The fourth-order valence-electron chi connectivity index (χ4n) is 3.77. The van der Waals surface area contributed by atoms with Gasteiger partial charge in [0.1, 0.15) is 30.5 Å². The van der Waals surface area contributed by atoms with Crippen LogP contribution in [0.5, 0.6) is 17.5 Å². The van der Waals surface area contributed by atoms with Gasteiger partial charge in [-0.25, -0.2) is 0 Å². The monoisotopic (exact) mass is 430 g/mol. The molecule has 0 unspecified atom stereocenters. The molecule has 164 valence electrons. The first-order valence-corrected chi connectivity index (χ1v) is 11.0. The lowest BCUT2D eigenvalue weighted by Crippen LogP contribution is -2.21. The van der Waals surface area contributed by atoms with Crippen molar-refractivity contribution in [3.8, 4) is 17.5 Å². The van der Waals surface area contributed by atoms with E-state index in [1.54, 1.807) is 0 Å². The van der Waals surface area contributed by atoms with Gasteiger partial charge in [0.2, 0.25) is 5.95 Å². The Morgan fingerprint density at radius 3 is 2.47 bits per heavy atom. The number of fused-ring (bicyclic) bond motifs is 6. The number of anilines is 1. The summed E-state index contributed by atoms with van der Waals surface area (Å²) in [5, 5.41) is 3.55. The van der Waals surface area contributed by atoms with E-state index in [1.165, 1.54) is 5.56 Å². The predicted molar refractivity (Wildman–Crippen MR) is 121 cm³/mol. The summed E-state index contributed by atoms with van der Waals surface area (Å²) < 4.78 is 17.3. The first-order valence-electron chi connectivity index (χ1n) is 11.0. The summed E-state index contributed by atoms with van der Waals surface area (Å²) in [5.74, 6) is 2.82. The van der Waals surface area contributed by atoms with Gasteiger partial charge in [-0.3, -0.25) is 0 Å². The minimum atomic E-state index is -0.169. The normalized spacial score (nSPS) is 16.7. The minimum Gasteiger partial charge on any atom is -0.490 e. The highest BCUT2D eigenvalue weighted by Gasteiger charge is 2.45. The second-order valence-electron chi connectivity index (χ2n) is 7.94. The second kappa shape index (κ2) is 8.86. The summed E-state index contributed by atoms with van der Waals surface area (Å²) >= 11 is 0. The van der Waals surface area contributed by atoms with Crippen molar-refractivity contribution in [3.63, 3.8) is 0 Å².